The van der Waals surface area contributed by atoms with Crippen LogP contribution in [-0.2, 0) is 19.6 Å². The molecule has 1 aromatic heterocycles. The molecule has 0 aliphatic carbocycles. The Labute approximate surface area is 132 Å². The van der Waals surface area contributed by atoms with Crippen LogP contribution in [0.2, 0.25) is 0 Å². The monoisotopic (exact) mass is 347 g/mol. The molecule has 0 aromatic carbocycles. The molecule has 2 rings (SSSR count). The van der Waals surface area contributed by atoms with Crippen LogP contribution in [0.25, 0.3) is 0 Å². The number of sulfonamides is 1. The fourth-order valence-electron chi connectivity index (χ4n) is 2.18. The van der Waals surface area contributed by atoms with Crippen molar-refractivity contribution in [1.82, 2.24) is 19.8 Å². The highest BCUT2D eigenvalue weighted by Crippen LogP contribution is 2.27. The highest BCUT2D eigenvalue weighted by Gasteiger charge is 2.41. The number of piperazine rings is 1. The number of amides is 2. The number of anilines is 1. The highest BCUT2D eigenvalue weighted by atomic mass is 32.2. The molecule has 1 atom stereocenters. The second-order valence-corrected chi connectivity index (χ2v) is 8.19. The predicted molar refractivity (Wildman–Crippen MR) is 79.7 cm³/mol. The van der Waals surface area contributed by atoms with Crippen molar-refractivity contribution >= 4 is 38.3 Å². The minimum absolute atomic E-state index is 0.105. The number of hydrogen-bond donors (Lipinski definition) is 2. The Morgan fingerprint density at radius 1 is 1.45 bits per heavy atom. The lowest BCUT2D eigenvalue weighted by molar-refractivity contribution is -0.128. The average molecular weight is 347 g/mol. The zero-order valence-electron chi connectivity index (χ0n) is 12.4. The van der Waals surface area contributed by atoms with Gasteiger partial charge in [0.25, 0.3) is 10.0 Å². The molecule has 2 amide bonds. The van der Waals surface area contributed by atoms with Crippen LogP contribution >= 0.6 is 11.3 Å². The predicted octanol–water partition coefficient (Wildman–Crippen LogP) is -0.358. The lowest BCUT2D eigenvalue weighted by Gasteiger charge is -2.35. The van der Waals surface area contributed by atoms with Crippen molar-refractivity contribution in [3.63, 3.8) is 0 Å². The summed E-state index contributed by atoms with van der Waals surface area (Å²) in [4.78, 5) is 22.9. The van der Waals surface area contributed by atoms with Gasteiger partial charge in [0.05, 0.1) is 0 Å². The van der Waals surface area contributed by atoms with E-state index in [4.69, 9.17) is 0 Å². The van der Waals surface area contributed by atoms with Crippen molar-refractivity contribution in [2.45, 2.75) is 31.2 Å². The molecule has 1 aliphatic heterocycles. The van der Waals surface area contributed by atoms with E-state index in [1.54, 1.807) is 13.8 Å². The summed E-state index contributed by atoms with van der Waals surface area (Å²) in [7, 11) is -3.94. The molecule has 22 heavy (non-hydrogen) atoms. The first-order chi connectivity index (χ1) is 10.2. The quantitative estimate of drug-likeness (QED) is 0.718. The van der Waals surface area contributed by atoms with E-state index < -0.39 is 16.1 Å². The van der Waals surface area contributed by atoms with Crippen molar-refractivity contribution < 1.29 is 18.0 Å². The molecule has 2 heterocycles. The summed E-state index contributed by atoms with van der Waals surface area (Å²) in [5.41, 5.74) is 0. The van der Waals surface area contributed by atoms with Crippen LogP contribution in [0, 0.1) is 5.92 Å². The Bertz CT molecular complexity index is 684. The van der Waals surface area contributed by atoms with Crippen LogP contribution in [0.3, 0.4) is 0 Å². The minimum Gasteiger partial charge on any atom is -0.353 e. The van der Waals surface area contributed by atoms with E-state index in [1.165, 1.54) is 6.92 Å². The second-order valence-electron chi connectivity index (χ2n) is 5.15. The smallest absolute Gasteiger partial charge is 0.273 e. The Balaban J connectivity index is 2.33. The van der Waals surface area contributed by atoms with Crippen molar-refractivity contribution in [2.75, 3.05) is 18.4 Å². The molecule has 1 fully saturated rings. The number of nitrogens with zero attached hydrogens (tertiary/aromatic N) is 3. The third kappa shape index (κ3) is 3.25. The molecule has 2 N–H and O–H groups in total. The molecule has 9 nitrogen and oxygen atoms in total. The van der Waals surface area contributed by atoms with Crippen LogP contribution in [0.15, 0.2) is 4.34 Å². The van der Waals surface area contributed by atoms with Gasteiger partial charge in [-0.2, -0.15) is 4.31 Å². The van der Waals surface area contributed by atoms with Crippen molar-refractivity contribution in [3.8, 4) is 0 Å². The lowest BCUT2D eigenvalue weighted by Crippen LogP contribution is -2.58. The average Bonchev–Trinajstić information content (AvgIpc) is 2.86. The third-order valence-electron chi connectivity index (χ3n) is 3.06. The molecule has 0 spiro atoms. The topological polar surface area (TPSA) is 121 Å². The fourth-order valence-corrected chi connectivity index (χ4v) is 4.97. The number of aromatic nitrogens is 2. The van der Waals surface area contributed by atoms with E-state index in [0.29, 0.717) is 0 Å². The van der Waals surface area contributed by atoms with Crippen LogP contribution in [0.1, 0.15) is 20.8 Å². The number of hydrogen-bond acceptors (Lipinski definition) is 7. The summed E-state index contributed by atoms with van der Waals surface area (Å²) < 4.78 is 26.3. The Hall–Kier alpha value is -1.59. The molecule has 0 radical (unpaired) electrons. The van der Waals surface area contributed by atoms with E-state index in [2.05, 4.69) is 20.8 Å². The fraction of sp³-hybridized carbons (Fsp3) is 0.636. The summed E-state index contributed by atoms with van der Waals surface area (Å²) in [5.74, 6) is -0.869. The van der Waals surface area contributed by atoms with Gasteiger partial charge < -0.3 is 10.6 Å². The van der Waals surface area contributed by atoms with E-state index in [9.17, 15) is 18.0 Å². The zero-order valence-corrected chi connectivity index (χ0v) is 14.0. The summed E-state index contributed by atoms with van der Waals surface area (Å²) in [6.45, 7) is 5.27. The van der Waals surface area contributed by atoms with Gasteiger partial charge in [-0.15, -0.1) is 10.2 Å². The van der Waals surface area contributed by atoms with E-state index in [1.807, 2.05) is 0 Å². The molecular formula is C11H17N5O4S2. The molecule has 122 valence electrons. The van der Waals surface area contributed by atoms with E-state index in [0.717, 1.165) is 15.6 Å². The number of rotatable bonds is 4. The Kier molecular flexibility index (Phi) is 4.78. The number of carbonyl (C=O) groups excluding carboxylic acids is 2. The maximum Gasteiger partial charge on any atom is 0.273 e. The number of carbonyl (C=O) groups is 2. The standard InChI is InChI=1S/C11H17N5O4S2/c1-6(2)8-9(18)12-4-5-16(8)22(19,20)11-15-14-10(21-11)13-7(3)17/h6,8H,4-5H2,1-3H3,(H,12,18)(H,13,14,17). The lowest BCUT2D eigenvalue weighted by atomic mass is 10.0. The first-order valence-corrected chi connectivity index (χ1v) is 8.89. The molecule has 1 aliphatic rings. The van der Waals surface area contributed by atoms with Crippen molar-refractivity contribution in [2.24, 2.45) is 5.92 Å². The number of nitrogens with one attached hydrogen (secondary N) is 2. The normalized spacial score (nSPS) is 20.0. The van der Waals surface area contributed by atoms with Gasteiger partial charge in [-0.3, -0.25) is 9.59 Å². The van der Waals surface area contributed by atoms with Gasteiger partial charge >= 0.3 is 0 Å². The van der Waals surface area contributed by atoms with Crippen LogP contribution < -0.4 is 10.6 Å². The van der Waals surface area contributed by atoms with Gasteiger partial charge in [0.15, 0.2) is 0 Å². The summed E-state index contributed by atoms with van der Waals surface area (Å²) in [6, 6.07) is -0.785. The maximum absolute atomic E-state index is 12.7. The van der Waals surface area contributed by atoms with Gasteiger partial charge in [-0.1, -0.05) is 25.2 Å². The zero-order chi connectivity index (χ0) is 16.5. The van der Waals surface area contributed by atoms with Crippen LogP contribution in [-0.4, -0.2) is 53.9 Å². The van der Waals surface area contributed by atoms with Gasteiger partial charge in [-0.25, -0.2) is 8.42 Å². The minimum atomic E-state index is -3.94. The summed E-state index contributed by atoms with van der Waals surface area (Å²) in [6.07, 6.45) is 0. The van der Waals surface area contributed by atoms with Crippen LogP contribution in [0.4, 0.5) is 5.13 Å². The molecular weight excluding hydrogens is 330 g/mol. The molecule has 0 bridgehead atoms. The summed E-state index contributed by atoms with van der Waals surface area (Å²) >= 11 is 0.761. The molecule has 11 heteroatoms. The third-order valence-corrected chi connectivity index (χ3v) is 6.13. The van der Waals surface area contributed by atoms with E-state index >= 15 is 0 Å². The van der Waals surface area contributed by atoms with Gasteiger partial charge in [0.2, 0.25) is 21.3 Å². The van der Waals surface area contributed by atoms with Crippen LogP contribution in [0.5, 0.6) is 0 Å². The SMILES string of the molecule is CC(=O)Nc1nnc(S(=O)(=O)N2CCNC(=O)C2C(C)C)s1. The Morgan fingerprint density at radius 3 is 2.73 bits per heavy atom. The largest absolute Gasteiger partial charge is 0.353 e. The second kappa shape index (κ2) is 6.26. The van der Waals surface area contributed by atoms with Gasteiger partial charge in [0.1, 0.15) is 6.04 Å². The van der Waals surface area contributed by atoms with Gasteiger partial charge in [-0.05, 0) is 5.92 Å². The van der Waals surface area contributed by atoms with Crippen molar-refractivity contribution in [1.29, 1.82) is 0 Å². The highest BCUT2D eigenvalue weighted by molar-refractivity contribution is 7.91. The summed E-state index contributed by atoms with van der Waals surface area (Å²) in [5, 5.41) is 12.4. The first-order valence-electron chi connectivity index (χ1n) is 6.64. The van der Waals surface area contributed by atoms with Crippen molar-refractivity contribution in [3.05, 3.63) is 0 Å². The maximum atomic E-state index is 12.7. The van der Waals surface area contributed by atoms with Gasteiger partial charge in [0, 0.05) is 20.0 Å². The Morgan fingerprint density at radius 2 is 2.14 bits per heavy atom. The molecule has 1 saturated heterocycles. The van der Waals surface area contributed by atoms with E-state index in [-0.39, 0.29) is 40.3 Å². The molecule has 1 unspecified atom stereocenters. The molecule has 0 saturated carbocycles. The molecule has 1 aromatic rings. The first kappa shape index (κ1) is 16.8.